The smallest absolute Gasteiger partial charge is 0.0650 e. The molecule has 0 spiro atoms. The van der Waals surface area contributed by atoms with E-state index in [4.69, 9.17) is 0 Å². The van der Waals surface area contributed by atoms with Gasteiger partial charge in [-0.05, 0) is 44.4 Å². The molecule has 0 radical (unpaired) electrons. The molecule has 3 atom stereocenters. The van der Waals surface area contributed by atoms with Crippen molar-refractivity contribution < 1.29 is 5.11 Å². The molecule has 2 aliphatic rings. The number of rotatable bonds is 0. The molecular formula is C8H14O. The second-order valence-electron chi connectivity index (χ2n) is 3.94. The molecule has 52 valence electrons. The highest BCUT2D eigenvalue weighted by molar-refractivity contribution is 4.98. The summed E-state index contributed by atoms with van der Waals surface area (Å²) in [6.07, 6.45) is 5.02. The average Bonchev–Trinajstić information content (AvgIpc) is 2.19. The fraction of sp³-hybridized carbons (Fsp3) is 1.00. The summed E-state index contributed by atoms with van der Waals surface area (Å²) in [5.41, 5.74) is -0.289. The number of fused-ring (bicyclic) bond motifs is 2. The van der Waals surface area contributed by atoms with Crippen molar-refractivity contribution in [1.82, 2.24) is 0 Å². The summed E-state index contributed by atoms with van der Waals surface area (Å²) in [6, 6.07) is 0. The zero-order chi connectivity index (χ0) is 6.48. The summed E-state index contributed by atoms with van der Waals surface area (Å²) in [7, 11) is 0. The second-order valence-corrected chi connectivity index (χ2v) is 3.94. The zero-order valence-corrected chi connectivity index (χ0v) is 5.93. The maximum Gasteiger partial charge on any atom is 0.0650 e. The van der Waals surface area contributed by atoms with Crippen LogP contribution in [0.1, 0.15) is 32.6 Å². The van der Waals surface area contributed by atoms with Gasteiger partial charge in [-0.2, -0.15) is 0 Å². The Morgan fingerprint density at radius 3 is 2.44 bits per heavy atom. The SMILES string of the molecule is C[C@@]1(O)C[C@H]2CC[C@@H]1C2. The van der Waals surface area contributed by atoms with E-state index in [1.165, 1.54) is 19.3 Å². The fourth-order valence-corrected chi connectivity index (χ4v) is 2.58. The zero-order valence-electron chi connectivity index (χ0n) is 5.93. The predicted molar refractivity (Wildman–Crippen MR) is 36.1 cm³/mol. The molecule has 0 unspecified atom stereocenters. The molecule has 2 saturated carbocycles. The lowest BCUT2D eigenvalue weighted by atomic mass is 9.86. The Morgan fingerprint density at radius 1 is 1.44 bits per heavy atom. The van der Waals surface area contributed by atoms with Crippen LogP contribution in [0.3, 0.4) is 0 Å². The molecule has 2 rings (SSSR count). The van der Waals surface area contributed by atoms with E-state index in [-0.39, 0.29) is 5.60 Å². The lowest BCUT2D eigenvalue weighted by Gasteiger charge is -2.27. The summed E-state index contributed by atoms with van der Waals surface area (Å²) in [5.74, 6) is 1.51. The van der Waals surface area contributed by atoms with Gasteiger partial charge in [-0.15, -0.1) is 0 Å². The van der Waals surface area contributed by atoms with Crippen LogP contribution in [0.15, 0.2) is 0 Å². The minimum atomic E-state index is -0.289. The van der Waals surface area contributed by atoms with Crippen LogP contribution in [-0.2, 0) is 0 Å². The molecule has 9 heavy (non-hydrogen) atoms. The van der Waals surface area contributed by atoms with Gasteiger partial charge in [0.15, 0.2) is 0 Å². The Morgan fingerprint density at radius 2 is 2.22 bits per heavy atom. The van der Waals surface area contributed by atoms with E-state index in [0.29, 0.717) is 5.92 Å². The van der Waals surface area contributed by atoms with Crippen molar-refractivity contribution in [3.63, 3.8) is 0 Å². The van der Waals surface area contributed by atoms with E-state index >= 15 is 0 Å². The average molecular weight is 126 g/mol. The molecule has 0 aromatic carbocycles. The van der Waals surface area contributed by atoms with Gasteiger partial charge in [-0.1, -0.05) is 0 Å². The van der Waals surface area contributed by atoms with Crippen LogP contribution in [-0.4, -0.2) is 10.7 Å². The Labute approximate surface area is 56.1 Å². The van der Waals surface area contributed by atoms with E-state index < -0.39 is 0 Å². The van der Waals surface area contributed by atoms with Crippen LogP contribution in [0.2, 0.25) is 0 Å². The minimum Gasteiger partial charge on any atom is -0.390 e. The van der Waals surface area contributed by atoms with Gasteiger partial charge in [0.25, 0.3) is 0 Å². The molecule has 0 aromatic rings. The first kappa shape index (κ1) is 5.72. The largest absolute Gasteiger partial charge is 0.390 e. The lowest BCUT2D eigenvalue weighted by Crippen LogP contribution is -2.30. The predicted octanol–water partition coefficient (Wildman–Crippen LogP) is 1.56. The van der Waals surface area contributed by atoms with E-state index in [9.17, 15) is 5.11 Å². The molecule has 2 aliphatic carbocycles. The third-order valence-corrected chi connectivity index (χ3v) is 3.12. The molecule has 0 amide bonds. The van der Waals surface area contributed by atoms with Crippen LogP contribution in [0.5, 0.6) is 0 Å². The second kappa shape index (κ2) is 1.51. The fourth-order valence-electron chi connectivity index (χ4n) is 2.58. The first-order valence-electron chi connectivity index (χ1n) is 3.91. The van der Waals surface area contributed by atoms with Gasteiger partial charge in [-0.3, -0.25) is 0 Å². The quantitative estimate of drug-likeness (QED) is 0.522. The van der Waals surface area contributed by atoms with Gasteiger partial charge >= 0.3 is 0 Å². The highest BCUT2D eigenvalue weighted by Crippen LogP contribution is 2.50. The van der Waals surface area contributed by atoms with Crippen molar-refractivity contribution >= 4 is 0 Å². The molecule has 1 nitrogen and oxygen atoms in total. The normalized spacial score (nSPS) is 56.7. The van der Waals surface area contributed by atoms with Crippen LogP contribution < -0.4 is 0 Å². The topological polar surface area (TPSA) is 20.2 Å². The highest BCUT2D eigenvalue weighted by atomic mass is 16.3. The Hall–Kier alpha value is -0.0400. The number of aliphatic hydroxyl groups is 1. The maximum absolute atomic E-state index is 9.68. The summed E-state index contributed by atoms with van der Waals surface area (Å²) < 4.78 is 0. The third-order valence-electron chi connectivity index (χ3n) is 3.12. The first-order chi connectivity index (χ1) is 4.18. The minimum absolute atomic E-state index is 0.289. The van der Waals surface area contributed by atoms with Crippen molar-refractivity contribution in [2.45, 2.75) is 38.2 Å². The van der Waals surface area contributed by atoms with Gasteiger partial charge in [0.05, 0.1) is 5.60 Å². The van der Waals surface area contributed by atoms with Crippen molar-refractivity contribution in [3.05, 3.63) is 0 Å². The Balaban J connectivity index is 2.18. The van der Waals surface area contributed by atoms with Crippen molar-refractivity contribution in [2.75, 3.05) is 0 Å². The summed E-state index contributed by atoms with van der Waals surface area (Å²) in [6.45, 7) is 2.00. The molecule has 2 fully saturated rings. The molecule has 0 saturated heterocycles. The third kappa shape index (κ3) is 0.710. The molecule has 0 aromatic heterocycles. The number of hydrogen-bond donors (Lipinski definition) is 1. The Kier molecular flexibility index (Phi) is 0.963. The molecule has 0 heterocycles. The summed E-state index contributed by atoms with van der Waals surface area (Å²) >= 11 is 0. The van der Waals surface area contributed by atoms with Gasteiger partial charge in [-0.25, -0.2) is 0 Å². The molecule has 1 heteroatoms. The van der Waals surface area contributed by atoms with Crippen LogP contribution in [0, 0.1) is 11.8 Å². The van der Waals surface area contributed by atoms with Crippen molar-refractivity contribution in [1.29, 1.82) is 0 Å². The maximum atomic E-state index is 9.68. The molecule has 0 aliphatic heterocycles. The molecule has 1 N–H and O–H groups in total. The lowest BCUT2D eigenvalue weighted by molar-refractivity contribution is 0.00531. The summed E-state index contributed by atoms with van der Waals surface area (Å²) in [4.78, 5) is 0. The van der Waals surface area contributed by atoms with E-state index in [2.05, 4.69) is 0 Å². The molecule has 2 bridgehead atoms. The van der Waals surface area contributed by atoms with E-state index in [0.717, 1.165) is 12.3 Å². The van der Waals surface area contributed by atoms with Gasteiger partial charge in [0.1, 0.15) is 0 Å². The van der Waals surface area contributed by atoms with Crippen LogP contribution in [0.4, 0.5) is 0 Å². The van der Waals surface area contributed by atoms with Gasteiger partial charge < -0.3 is 5.11 Å². The summed E-state index contributed by atoms with van der Waals surface area (Å²) in [5, 5.41) is 9.68. The van der Waals surface area contributed by atoms with Gasteiger partial charge in [0, 0.05) is 0 Å². The van der Waals surface area contributed by atoms with E-state index in [1.54, 1.807) is 0 Å². The Bertz CT molecular complexity index is 129. The standard InChI is InChI=1S/C8H14O/c1-8(9)5-6-2-3-7(8)4-6/h6-7,9H,2-5H2,1H3/t6-,7+,8+/m0/s1. The van der Waals surface area contributed by atoms with Crippen LogP contribution >= 0.6 is 0 Å². The highest BCUT2D eigenvalue weighted by Gasteiger charge is 2.46. The van der Waals surface area contributed by atoms with E-state index in [1.807, 2.05) is 6.92 Å². The van der Waals surface area contributed by atoms with Crippen molar-refractivity contribution in [3.8, 4) is 0 Å². The van der Waals surface area contributed by atoms with Gasteiger partial charge in [0.2, 0.25) is 0 Å². The van der Waals surface area contributed by atoms with Crippen molar-refractivity contribution in [2.24, 2.45) is 11.8 Å². The molecular weight excluding hydrogens is 112 g/mol. The monoisotopic (exact) mass is 126 g/mol. The first-order valence-corrected chi connectivity index (χ1v) is 3.91. The number of hydrogen-bond acceptors (Lipinski definition) is 1. The van der Waals surface area contributed by atoms with Crippen LogP contribution in [0.25, 0.3) is 0 Å².